The van der Waals surface area contributed by atoms with Crippen LogP contribution in [0.3, 0.4) is 0 Å². The van der Waals surface area contributed by atoms with E-state index in [4.69, 9.17) is 4.74 Å². The third-order valence-corrected chi connectivity index (χ3v) is 3.62. The Balaban J connectivity index is 2.63. The Kier molecular flexibility index (Phi) is 3.21. The number of hydrogen-bond acceptors (Lipinski definition) is 4. The zero-order chi connectivity index (χ0) is 11.7. The molecule has 0 atom stereocenters. The van der Waals surface area contributed by atoms with Gasteiger partial charge in [0, 0.05) is 5.38 Å². The topological polar surface area (TPSA) is 22.1 Å². The number of thiazole rings is 1. The van der Waals surface area contributed by atoms with Crippen LogP contribution in [-0.2, 0) is 0 Å². The van der Waals surface area contributed by atoms with E-state index in [-0.39, 0.29) is 0 Å². The van der Waals surface area contributed by atoms with Crippen molar-refractivity contribution in [2.24, 2.45) is 0 Å². The van der Waals surface area contributed by atoms with Gasteiger partial charge in [0.15, 0.2) is 0 Å². The summed E-state index contributed by atoms with van der Waals surface area (Å²) in [5, 5.41) is 3.63. The largest absolute Gasteiger partial charge is 0.496 e. The van der Waals surface area contributed by atoms with Gasteiger partial charge >= 0.3 is 0 Å². The van der Waals surface area contributed by atoms with Gasteiger partial charge in [-0.05, 0) is 31.0 Å². The van der Waals surface area contributed by atoms with Crippen molar-refractivity contribution < 1.29 is 4.74 Å². The Morgan fingerprint density at radius 2 is 2.06 bits per heavy atom. The average Bonchev–Trinajstić information content (AvgIpc) is 2.63. The molecule has 1 aromatic heterocycles. The molecule has 84 valence electrons. The highest BCUT2D eigenvalue weighted by Gasteiger charge is 2.12. The van der Waals surface area contributed by atoms with Crippen molar-refractivity contribution in [1.82, 2.24) is 4.98 Å². The maximum Gasteiger partial charge on any atom is 0.132 e. The fourth-order valence-electron chi connectivity index (χ4n) is 1.77. The van der Waals surface area contributed by atoms with Crippen molar-refractivity contribution in [1.29, 1.82) is 0 Å². The van der Waals surface area contributed by atoms with Gasteiger partial charge in [0.1, 0.15) is 15.8 Å². The van der Waals surface area contributed by atoms with E-state index in [2.05, 4.69) is 36.7 Å². The molecule has 2 aromatic rings. The number of methoxy groups -OCH3 is 1. The minimum atomic E-state index is 0.751. The molecule has 0 amide bonds. The number of ether oxygens (including phenoxy) is 1. The third kappa shape index (κ3) is 2.08. The van der Waals surface area contributed by atoms with E-state index in [0.29, 0.717) is 0 Å². The van der Waals surface area contributed by atoms with E-state index in [1.165, 1.54) is 5.56 Å². The molecule has 16 heavy (non-hydrogen) atoms. The van der Waals surface area contributed by atoms with Gasteiger partial charge in [-0.2, -0.15) is 0 Å². The predicted molar refractivity (Wildman–Crippen MR) is 70.8 cm³/mol. The highest BCUT2D eigenvalue weighted by molar-refractivity contribution is 7.80. The van der Waals surface area contributed by atoms with E-state index < -0.39 is 0 Å². The van der Waals surface area contributed by atoms with Crippen LogP contribution in [0.4, 0.5) is 0 Å². The predicted octanol–water partition coefficient (Wildman–Crippen LogP) is 3.72. The average molecular weight is 251 g/mol. The van der Waals surface area contributed by atoms with Crippen LogP contribution >= 0.6 is 24.0 Å². The van der Waals surface area contributed by atoms with Crippen molar-refractivity contribution in [3.05, 3.63) is 28.6 Å². The molecule has 0 saturated heterocycles. The normalized spacial score (nSPS) is 10.5. The van der Waals surface area contributed by atoms with Crippen LogP contribution in [0.2, 0.25) is 0 Å². The molecule has 0 unspecified atom stereocenters. The van der Waals surface area contributed by atoms with Crippen LogP contribution in [0.25, 0.3) is 10.6 Å². The van der Waals surface area contributed by atoms with E-state index in [1.807, 2.05) is 12.3 Å². The minimum absolute atomic E-state index is 0.751. The Labute approximate surface area is 105 Å². The molecule has 0 aliphatic heterocycles. The molecule has 0 fully saturated rings. The summed E-state index contributed by atoms with van der Waals surface area (Å²) in [6.07, 6.45) is 0. The van der Waals surface area contributed by atoms with Crippen LogP contribution in [0.1, 0.15) is 11.1 Å². The summed E-state index contributed by atoms with van der Waals surface area (Å²) < 4.78 is 5.44. The number of aryl methyl sites for hydroxylation is 2. The maximum absolute atomic E-state index is 5.44. The summed E-state index contributed by atoms with van der Waals surface area (Å²) in [6.45, 7) is 4.12. The monoisotopic (exact) mass is 251 g/mol. The van der Waals surface area contributed by atoms with Crippen LogP contribution in [-0.4, -0.2) is 12.1 Å². The van der Waals surface area contributed by atoms with Crippen molar-refractivity contribution in [3.63, 3.8) is 0 Å². The van der Waals surface area contributed by atoms with E-state index in [9.17, 15) is 0 Å². The minimum Gasteiger partial charge on any atom is -0.496 e. The summed E-state index contributed by atoms with van der Waals surface area (Å²) in [6, 6.07) is 4.20. The van der Waals surface area contributed by atoms with Crippen molar-refractivity contribution in [3.8, 4) is 16.3 Å². The van der Waals surface area contributed by atoms with Crippen LogP contribution in [0.5, 0.6) is 5.75 Å². The summed E-state index contributed by atoms with van der Waals surface area (Å²) in [7, 11) is 1.69. The molecule has 0 saturated carbocycles. The van der Waals surface area contributed by atoms with Gasteiger partial charge < -0.3 is 4.74 Å². The van der Waals surface area contributed by atoms with E-state index in [1.54, 1.807) is 18.4 Å². The maximum atomic E-state index is 5.44. The lowest BCUT2D eigenvalue weighted by Gasteiger charge is -2.10. The first-order chi connectivity index (χ1) is 7.61. The van der Waals surface area contributed by atoms with Gasteiger partial charge in [-0.25, -0.2) is 4.98 Å². The fraction of sp³-hybridized carbons (Fsp3) is 0.250. The highest BCUT2D eigenvalue weighted by atomic mass is 32.1. The second-order valence-electron chi connectivity index (χ2n) is 3.67. The highest BCUT2D eigenvalue weighted by Crippen LogP contribution is 2.36. The number of rotatable bonds is 2. The molecular weight excluding hydrogens is 238 g/mol. The van der Waals surface area contributed by atoms with E-state index in [0.717, 1.165) is 26.9 Å². The summed E-state index contributed by atoms with van der Waals surface area (Å²) in [4.78, 5) is 4.37. The fourth-order valence-corrected chi connectivity index (χ4v) is 2.80. The van der Waals surface area contributed by atoms with Crippen LogP contribution < -0.4 is 4.74 Å². The Hall–Kier alpha value is -1.000. The number of benzene rings is 1. The number of nitrogens with zero attached hydrogens (tertiary/aromatic N) is 1. The van der Waals surface area contributed by atoms with Gasteiger partial charge in [-0.15, -0.1) is 24.0 Å². The molecule has 0 aliphatic rings. The zero-order valence-corrected chi connectivity index (χ0v) is 11.2. The molecule has 0 spiro atoms. The smallest absolute Gasteiger partial charge is 0.132 e. The van der Waals surface area contributed by atoms with Gasteiger partial charge in [0.25, 0.3) is 0 Å². The first-order valence-electron chi connectivity index (χ1n) is 4.92. The molecule has 1 aromatic carbocycles. The lowest BCUT2D eigenvalue weighted by Crippen LogP contribution is -1.92. The molecule has 4 heteroatoms. The van der Waals surface area contributed by atoms with Crippen LogP contribution in [0, 0.1) is 13.8 Å². The quantitative estimate of drug-likeness (QED) is 0.822. The van der Waals surface area contributed by atoms with Crippen LogP contribution in [0.15, 0.2) is 22.5 Å². The summed E-state index contributed by atoms with van der Waals surface area (Å²) in [5.41, 5.74) is 3.39. The Bertz CT molecular complexity index is 520. The molecular formula is C12H13NOS2. The SMILES string of the molecule is COc1c(C)cc(C)cc1-c1nc(S)cs1. The second-order valence-corrected chi connectivity index (χ2v) is 4.99. The molecule has 2 rings (SSSR count). The molecule has 0 aliphatic carbocycles. The summed E-state index contributed by atoms with van der Waals surface area (Å²) >= 11 is 5.81. The molecule has 2 nitrogen and oxygen atoms in total. The lowest BCUT2D eigenvalue weighted by molar-refractivity contribution is 0.413. The number of thiol groups is 1. The first-order valence-corrected chi connectivity index (χ1v) is 6.24. The number of hydrogen-bond donors (Lipinski definition) is 1. The Morgan fingerprint density at radius 3 is 2.62 bits per heavy atom. The number of aromatic nitrogens is 1. The van der Waals surface area contributed by atoms with Crippen molar-refractivity contribution >= 4 is 24.0 Å². The molecule has 0 radical (unpaired) electrons. The lowest BCUT2D eigenvalue weighted by atomic mass is 10.1. The van der Waals surface area contributed by atoms with E-state index >= 15 is 0 Å². The molecule has 1 heterocycles. The molecule has 0 N–H and O–H groups in total. The van der Waals surface area contributed by atoms with Gasteiger partial charge in [-0.3, -0.25) is 0 Å². The second kappa shape index (κ2) is 4.47. The summed E-state index contributed by atoms with van der Waals surface area (Å²) in [5.74, 6) is 0.897. The van der Waals surface area contributed by atoms with Crippen molar-refractivity contribution in [2.75, 3.05) is 7.11 Å². The molecule has 0 bridgehead atoms. The zero-order valence-electron chi connectivity index (χ0n) is 9.44. The standard InChI is InChI=1S/C12H13NOS2/c1-7-4-8(2)11(14-3)9(5-7)12-13-10(15)6-16-12/h4-6,15H,1-3H3. The van der Waals surface area contributed by atoms with Gasteiger partial charge in [0.2, 0.25) is 0 Å². The third-order valence-electron chi connectivity index (χ3n) is 2.35. The Morgan fingerprint density at radius 1 is 1.31 bits per heavy atom. The first kappa shape index (κ1) is 11.5. The van der Waals surface area contributed by atoms with Crippen molar-refractivity contribution in [2.45, 2.75) is 18.9 Å². The van der Waals surface area contributed by atoms with Gasteiger partial charge in [-0.1, -0.05) is 6.07 Å². The van der Waals surface area contributed by atoms with Gasteiger partial charge in [0.05, 0.1) is 12.7 Å².